The third-order valence-corrected chi connectivity index (χ3v) is 3.85. The lowest BCUT2D eigenvalue weighted by atomic mass is 9.99. The highest BCUT2D eigenvalue weighted by molar-refractivity contribution is 4.93. The molecule has 1 aromatic rings. The zero-order valence-electron chi connectivity index (χ0n) is 12.6. The number of oxazole rings is 1. The molecule has 2 unspecified atom stereocenters. The van der Waals surface area contributed by atoms with Gasteiger partial charge in [-0.2, -0.15) is 0 Å². The molecule has 19 heavy (non-hydrogen) atoms. The molecule has 0 aromatic carbocycles. The van der Waals surface area contributed by atoms with Crippen molar-refractivity contribution in [3.8, 4) is 0 Å². The van der Waals surface area contributed by atoms with E-state index in [2.05, 4.69) is 36.0 Å². The number of aryl methyl sites for hydroxylation is 1. The third-order valence-electron chi connectivity index (χ3n) is 3.85. The zero-order valence-corrected chi connectivity index (χ0v) is 12.6. The Morgan fingerprint density at radius 1 is 1.53 bits per heavy atom. The number of hydrogen-bond acceptors (Lipinski definition) is 4. The van der Waals surface area contributed by atoms with Crippen molar-refractivity contribution in [2.24, 2.45) is 5.92 Å². The first-order valence-electron chi connectivity index (χ1n) is 7.47. The first-order chi connectivity index (χ1) is 9.08. The molecule has 0 aliphatic carbocycles. The molecule has 1 aliphatic heterocycles. The number of rotatable bonds is 5. The highest BCUT2D eigenvalue weighted by Crippen LogP contribution is 2.18. The maximum Gasteiger partial charge on any atom is 0.208 e. The third kappa shape index (κ3) is 4.05. The van der Waals surface area contributed by atoms with Crippen LogP contribution in [0.1, 0.15) is 45.3 Å². The van der Waals surface area contributed by atoms with Crippen molar-refractivity contribution in [3.63, 3.8) is 0 Å². The molecular formula is C15H27N3O. The van der Waals surface area contributed by atoms with Crippen LogP contribution in [0.3, 0.4) is 0 Å². The molecule has 4 nitrogen and oxygen atoms in total. The van der Waals surface area contributed by atoms with E-state index in [-0.39, 0.29) is 0 Å². The van der Waals surface area contributed by atoms with Gasteiger partial charge in [-0.25, -0.2) is 4.98 Å². The van der Waals surface area contributed by atoms with E-state index in [0.29, 0.717) is 12.1 Å². The Labute approximate surface area is 116 Å². The van der Waals surface area contributed by atoms with Crippen LogP contribution in [0.4, 0.5) is 0 Å². The van der Waals surface area contributed by atoms with Gasteiger partial charge in [-0.3, -0.25) is 4.90 Å². The quantitative estimate of drug-likeness (QED) is 0.888. The Morgan fingerprint density at radius 2 is 2.32 bits per heavy atom. The van der Waals surface area contributed by atoms with Crippen molar-refractivity contribution in [3.05, 3.63) is 17.8 Å². The average Bonchev–Trinajstić information content (AvgIpc) is 2.74. The Balaban J connectivity index is 1.97. The fraction of sp³-hybridized carbons (Fsp3) is 0.800. The molecule has 2 heterocycles. The maximum absolute atomic E-state index is 5.62. The molecule has 0 amide bonds. The smallest absolute Gasteiger partial charge is 0.208 e. The van der Waals surface area contributed by atoms with E-state index in [1.165, 1.54) is 12.8 Å². The summed E-state index contributed by atoms with van der Waals surface area (Å²) in [5, 5.41) is 3.68. The van der Waals surface area contributed by atoms with E-state index in [4.69, 9.17) is 4.42 Å². The lowest BCUT2D eigenvalue weighted by Gasteiger charge is -2.40. The van der Waals surface area contributed by atoms with Crippen molar-refractivity contribution >= 4 is 0 Å². The molecule has 0 bridgehead atoms. The van der Waals surface area contributed by atoms with Crippen LogP contribution in [0.15, 0.2) is 10.6 Å². The standard InChI is InChI=1S/C15H27N3O/c1-5-14-8-16-13(6-11(2)3)9-18(14)10-15-17-7-12(4)19-15/h7,11,13-14,16H,5-6,8-10H2,1-4H3. The van der Waals surface area contributed by atoms with E-state index < -0.39 is 0 Å². The van der Waals surface area contributed by atoms with Gasteiger partial charge >= 0.3 is 0 Å². The number of nitrogens with one attached hydrogen (secondary N) is 1. The topological polar surface area (TPSA) is 41.3 Å². The Morgan fingerprint density at radius 3 is 2.89 bits per heavy atom. The fourth-order valence-electron chi connectivity index (χ4n) is 2.90. The summed E-state index contributed by atoms with van der Waals surface area (Å²) >= 11 is 0. The summed E-state index contributed by atoms with van der Waals surface area (Å²) in [5.41, 5.74) is 0. The SMILES string of the molecule is CCC1CNC(CC(C)C)CN1Cc1ncc(C)o1. The molecule has 2 atom stereocenters. The highest BCUT2D eigenvalue weighted by Gasteiger charge is 2.27. The molecule has 1 aliphatic rings. The first kappa shape index (κ1) is 14.5. The van der Waals surface area contributed by atoms with Crippen LogP contribution in [0.5, 0.6) is 0 Å². The molecule has 0 radical (unpaired) electrons. The van der Waals surface area contributed by atoms with Crippen LogP contribution in [0, 0.1) is 12.8 Å². The molecule has 1 aromatic heterocycles. The van der Waals surface area contributed by atoms with Crippen LogP contribution in [-0.4, -0.2) is 35.1 Å². The predicted octanol–water partition coefficient (Wildman–Crippen LogP) is 2.58. The number of hydrogen-bond donors (Lipinski definition) is 1. The molecule has 4 heteroatoms. The van der Waals surface area contributed by atoms with Crippen LogP contribution < -0.4 is 5.32 Å². The lowest BCUT2D eigenvalue weighted by molar-refractivity contribution is 0.101. The normalized spacial score (nSPS) is 25.1. The van der Waals surface area contributed by atoms with E-state index in [1.807, 2.05) is 13.1 Å². The van der Waals surface area contributed by atoms with Crippen LogP contribution in [0.2, 0.25) is 0 Å². The second-order valence-corrected chi connectivity index (χ2v) is 6.09. The maximum atomic E-state index is 5.62. The zero-order chi connectivity index (χ0) is 13.8. The second kappa shape index (κ2) is 6.53. The monoisotopic (exact) mass is 265 g/mol. The molecule has 1 saturated heterocycles. The summed E-state index contributed by atoms with van der Waals surface area (Å²) < 4.78 is 5.62. The summed E-state index contributed by atoms with van der Waals surface area (Å²) in [6.07, 6.45) is 4.21. The van der Waals surface area contributed by atoms with Gasteiger partial charge in [-0.15, -0.1) is 0 Å². The van der Waals surface area contributed by atoms with Crippen molar-refractivity contribution in [2.45, 2.75) is 59.2 Å². The van der Waals surface area contributed by atoms with Gasteiger partial charge in [0.15, 0.2) is 0 Å². The fourth-order valence-corrected chi connectivity index (χ4v) is 2.90. The summed E-state index contributed by atoms with van der Waals surface area (Å²) in [6.45, 7) is 11.8. The summed E-state index contributed by atoms with van der Waals surface area (Å²) in [4.78, 5) is 6.86. The molecule has 1 N–H and O–H groups in total. The minimum Gasteiger partial charge on any atom is -0.445 e. The van der Waals surface area contributed by atoms with Crippen molar-refractivity contribution in [1.29, 1.82) is 0 Å². The van der Waals surface area contributed by atoms with Crippen LogP contribution in [-0.2, 0) is 6.54 Å². The van der Waals surface area contributed by atoms with Crippen LogP contribution in [0.25, 0.3) is 0 Å². The van der Waals surface area contributed by atoms with Gasteiger partial charge in [0.1, 0.15) is 5.76 Å². The average molecular weight is 265 g/mol. The van der Waals surface area contributed by atoms with E-state index in [0.717, 1.165) is 37.2 Å². The van der Waals surface area contributed by atoms with Crippen molar-refractivity contribution in [1.82, 2.24) is 15.2 Å². The predicted molar refractivity (Wildman–Crippen MR) is 77.0 cm³/mol. The molecule has 1 fully saturated rings. The van der Waals surface area contributed by atoms with Gasteiger partial charge in [-0.05, 0) is 25.7 Å². The van der Waals surface area contributed by atoms with E-state index in [1.54, 1.807) is 0 Å². The first-order valence-corrected chi connectivity index (χ1v) is 7.47. The molecule has 2 rings (SSSR count). The summed E-state index contributed by atoms with van der Waals surface area (Å²) in [7, 11) is 0. The molecule has 0 saturated carbocycles. The summed E-state index contributed by atoms with van der Waals surface area (Å²) in [5.74, 6) is 2.49. The van der Waals surface area contributed by atoms with Crippen molar-refractivity contribution < 1.29 is 4.42 Å². The minimum atomic E-state index is 0.593. The van der Waals surface area contributed by atoms with Gasteiger partial charge in [-0.1, -0.05) is 20.8 Å². The second-order valence-electron chi connectivity index (χ2n) is 6.09. The highest BCUT2D eigenvalue weighted by atomic mass is 16.4. The van der Waals surface area contributed by atoms with Gasteiger partial charge in [0.05, 0.1) is 12.7 Å². The Hall–Kier alpha value is -0.870. The van der Waals surface area contributed by atoms with Gasteiger partial charge < -0.3 is 9.73 Å². The largest absolute Gasteiger partial charge is 0.445 e. The molecular weight excluding hydrogens is 238 g/mol. The Kier molecular flexibility index (Phi) is 4.99. The van der Waals surface area contributed by atoms with Crippen molar-refractivity contribution in [2.75, 3.05) is 13.1 Å². The Bertz CT molecular complexity index is 388. The lowest BCUT2D eigenvalue weighted by Crippen LogP contribution is -2.56. The number of aromatic nitrogens is 1. The minimum absolute atomic E-state index is 0.593. The van der Waals surface area contributed by atoms with Gasteiger partial charge in [0, 0.05) is 25.2 Å². The summed E-state index contributed by atoms with van der Waals surface area (Å²) in [6, 6.07) is 1.19. The van der Waals surface area contributed by atoms with Gasteiger partial charge in [0.2, 0.25) is 5.89 Å². The number of nitrogens with zero attached hydrogens (tertiary/aromatic N) is 2. The van der Waals surface area contributed by atoms with Gasteiger partial charge in [0.25, 0.3) is 0 Å². The van der Waals surface area contributed by atoms with E-state index >= 15 is 0 Å². The molecule has 0 spiro atoms. The number of piperazine rings is 1. The molecule has 108 valence electrons. The van der Waals surface area contributed by atoms with Crippen LogP contribution >= 0.6 is 0 Å². The van der Waals surface area contributed by atoms with E-state index in [9.17, 15) is 0 Å².